The van der Waals surface area contributed by atoms with Crippen LogP contribution in [-0.2, 0) is 23.1 Å². The van der Waals surface area contributed by atoms with Gasteiger partial charge in [-0.3, -0.25) is 4.68 Å². The lowest BCUT2D eigenvalue weighted by atomic mass is 10.4. The van der Waals surface area contributed by atoms with Crippen molar-refractivity contribution >= 4 is 21.4 Å². The van der Waals surface area contributed by atoms with Crippen molar-refractivity contribution in [2.75, 3.05) is 6.54 Å². The van der Waals surface area contributed by atoms with Crippen molar-refractivity contribution < 1.29 is 8.42 Å². The molecule has 9 heteroatoms. The van der Waals surface area contributed by atoms with Gasteiger partial charge in [0.2, 0.25) is 10.0 Å². The Kier molecular flexibility index (Phi) is 5.45. The van der Waals surface area contributed by atoms with Crippen molar-refractivity contribution in [3.05, 3.63) is 28.7 Å². The van der Waals surface area contributed by atoms with E-state index in [0.717, 1.165) is 4.88 Å². The van der Waals surface area contributed by atoms with Crippen molar-refractivity contribution in [2.24, 2.45) is 0 Å². The normalized spacial score (nSPS) is 12.1. The molecule has 0 aliphatic heterocycles. The fourth-order valence-corrected chi connectivity index (χ4v) is 3.88. The molecule has 7 nitrogen and oxygen atoms in total. The van der Waals surface area contributed by atoms with Gasteiger partial charge in [-0.15, -0.1) is 16.4 Å². The minimum Gasteiger partial charge on any atom is -0.310 e. The summed E-state index contributed by atoms with van der Waals surface area (Å²) >= 11 is 1.44. The largest absolute Gasteiger partial charge is 0.310 e. The van der Waals surface area contributed by atoms with E-state index < -0.39 is 10.0 Å². The van der Waals surface area contributed by atoms with Crippen molar-refractivity contribution in [1.82, 2.24) is 25.0 Å². The molecule has 0 bridgehead atoms. The molecule has 0 radical (unpaired) electrons. The first-order valence-corrected chi connectivity index (χ1v) is 8.98. The third-order valence-corrected chi connectivity index (χ3v) is 5.26. The molecule has 2 rings (SSSR count). The molecule has 2 aromatic heterocycles. The molecule has 0 spiro atoms. The molecule has 0 fully saturated rings. The van der Waals surface area contributed by atoms with E-state index in [9.17, 15) is 8.42 Å². The van der Waals surface area contributed by atoms with Crippen LogP contribution < -0.4 is 10.0 Å². The lowest BCUT2D eigenvalue weighted by molar-refractivity contribution is 0.553. The molecule has 0 atom stereocenters. The first-order chi connectivity index (χ1) is 9.97. The second-order valence-electron chi connectivity index (χ2n) is 4.85. The molecule has 0 saturated heterocycles. The second-order valence-corrected chi connectivity index (χ2v) is 7.61. The Morgan fingerprint density at radius 3 is 2.90 bits per heavy atom. The summed E-state index contributed by atoms with van der Waals surface area (Å²) in [6.45, 7) is 5.51. The van der Waals surface area contributed by atoms with E-state index in [0.29, 0.717) is 24.0 Å². The van der Waals surface area contributed by atoms with Crippen LogP contribution in [0.2, 0.25) is 0 Å². The maximum Gasteiger partial charge on any atom is 0.241 e. The van der Waals surface area contributed by atoms with Crippen LogP contribution in [0.4, 0.5) is 0 Å². The van der Waals surface area contributed by atoms with Gasteiger partial charge in [-0.1, -0.05) is 19.1 Å². The highest BCUT2D eigenvalue weighted by Crippen LogP contribution is 2.19. The van der Waals surface area contributed by atoms with Crippen LogP contribution >= 0.6 is 11.3 Å². The Labute approximate surface area is 128 Å². The fraction of sp³-hybridized carbons (Fsp3) is 0.500. The fourth-order valence-electron chi connectivity index (χ4n) is 1.63. The minimum absolute atomic E-state index is 0.279. The standard InChI is InChI=1S/C12H19N5O2S2/c1-10(2)13-8-11-7-12(9-20-11)21(18,19)15-4-6-17-5-3-14-16-17/h3,5,7,9-10,13,15H,4,6,8H2,1-2H3. The van der Waals surface area contributed by atoms with Gasteiger partial charge >= 0.3 is 0 Å². The number of aromatic nitrogens is 3. The highest BCUT2D eigenvalue weighted by atomic mass is 32.2. The van der Waals surface area contributed by atoms with Gasteiger partial charge in [0.25, 0.3) is 0 Å². The van der Waals surface area contributed by atoms with Gasteiger partial charge in [0.05, 0.1) is 17.6 Å². The summed E-state index contributed by atoms with van der Waals surface area (Å²) in [5.74, 6) is 0. The molecule has 2 heterocycles. The molecule has 2 aromatic rings. The van der Waals surface area contributed by atoms with E-state index in [4.69, 9.17) is 0 Å². The molecule has 0 saturated carbocycles. The molecule has 0 unspecified atom stereocenters. The number of rotatable bonds is 8. The van der Waals surface area contributed by atoms with Gasteiger partial charge in [-0.25, -0.2) is 13.1 Å². The van der Waals surface area contributed by atoms with Crippen LogP contribution in [0, 0.1) is 0 Å². The third kappa shape index (κ3) is 4.88. The SMILES string of the molecule is CC(C)NCc1cc(S(=O)(=O)NCCn2ccnn2)cs1. The van der Waals surface area contributed by atoms with Crippen molar-refractivity contribution in [3.63, 3.8) is 0 Å². The van der Waals surface area contributed by atoms with Gasteiger partial charge in [0.1, 0.15) is 0 Å². The number of sulfonamides is 1. The number of hydrogen-bond acceptors (Lipinski definition) is 6. The average Bonchev–Trinajstić information content (AvgIpc) is 3.07. The molecule has 21 heavy (non-hydrogen) atoms. The van der Waals surface area contributed by atoms with E-state index in [-0.39, 0.29) is 6.54 Å². The topological polar surface area (TPSA) is 88.9 Å². The zero-order valence-corrected chi connectivity index (χ0v) is 13.6. The number of nitrogens with one attached hydrogen (secondary N) is 2. The summed E-state index contributed by atoms with van der Waals surface area (Å²) < 4.78 is 28.4. The Bertz CT molecular complexity index is 649. The quantitative estimate of drug-likeness (QED) is 0.748. The highest BCUT2D eigenvalue weighted by Gasteiger charge is 2.15. The Morgan fingerprint density at radius 2 is 2.24 bits per heavy atom. The number of nitrogens with zero attached hydrogens (tertiary/aromatic N) is 3. The predicted molar refractivity (Wildman–Crippen MR) is 81.5 cm³/mol. The lowest BCUT2D eigenvalue weighted by Crippen LogP contribution is -2.27. The van der Waals surface area contributed by atoms with Crippen molar-refractivity contribution in [2.45, 2.75) is 37.9 Å². The first kappa shape index (κ1) is 16.1. The van der Waals surface area contributed by atoms with Gasteiger partial charge < -0.3 is 5.32 Å². The predicted octanol–water partition coefficient (Wildman–Crippen LogP) is 0.816. The molecular formula is C12H19N5O2S2. The van der Waals surface area contributed by atoms with Crippen LogP contribution in [0.5, 0.6) is 0 Å². The summed E-state index contributed by atoms with van der Waals surface area (Å²) in [6.07, 6.45) is 3.25. The van der Waals surface area contributed by atoms with E-state index in [1.54, 1.807) is 28.5 Å². The van der Waals surface area contributed by atoms with Crippen LogP contribution in [0.15, 0.2) is 28.7 Å². The maximum atomic E-state index is 12.1. The van der Waals surface area contributed by atoms with Gasteiger partial charge in [0, 0.05) is 35.6 Å². The first-order valence-electron chi connectivity index (χ1n) is 6.62. The Morgan fingerprint density at radius 1 is 1.43 bits per heavy atom. The zero-order chi connectivity index (χ0) is 15.3. The molecule has 0 amide bonds. The smallest absolute Gasteiger partial charge is 0.241 e. The summed E-state index contributed by atoms with van der Waals surface area (Å²) in [6, 6.07) is 2.07. The molecule has 0 aliphatic carbocycles. The van der Waals surface area contributed by atoms with E-state index in [1.165, 1.54) is 11.3 Å². The number of hydrogen-bond donors (Lipinski definition) is 2. The Hall–Kier alpha value is -1.29. The zero-order valence-electron chi connectivity index (χ0n) is 12.0. The molecule has 0 aromatic carbocycles. The van der Waals surface area contributed by atoms with Gasteiger partial charge in [-0.2, -0.15) is 0 Å². The second kappa shape index (κ2) is 7.12. The average molecular weight is 329 g/mol. The van der Waals surface area contributed by atoms with Crippen molar-refractivity contribution in [3.8, 4) is 0 Å². The van der Waals surface area contributed by atoms with Gasteiger partial charge in [-0.05, 0) is 6.07 Å². The van der Waals surface area contributed by atoms with Gasteiger partial charge in [0.15, 0.2) is 0 Å². The van der Waals surface area contributed by atoms with Crippen LogP contribution in [0.1, 0.15) is 18.7 Å². The molecular weight excluding hydrogens is 310 g/mol. The minimum atomic E-state index is -3.46. The van der Waals surface area contributed by atoms with Crippen molar-refractivity contribution in [1.29, 1.82) is 0 Å². The lowest BCUT2D eigenvalue weighted by Gasteiger charge is -2.06. The summed E-state index contributed by atoms with van der Waals surface area (Å²) in [5, 5.41) is 12.4. The highest BCUT2D eigenvalue weighted by molar-refractivity contribution is 7.89. The summed E-state index contributed by atoms with van der Waals surface area (Å²) in [5.41, 5.74) is 0. The van der Waals surface area contributed by atoms with E-state index in [2.05, 4.69) is 34.2 Å². The van der Waals surface area contributed by atoms with Crippen LogP contribution in [0.25, 0.3) is 0 Å². The summed E-state index contributed by atoms with van der Waals surface area (Å²) in [7, 11) is -3.46. The Balaban J connectivity index is 1.89. The molecule has 0 aliphatic rings. The number of thiophene rings is 1. The monoisotopic (exact) mass is 329 g/mol. The maximum absolute atomic E-state index is 12.1. The molecule has 116 valence electrons. The van der Waals surface area contributed by atoms with Crippen LogP contribution in [0.3, 0.4) is 0 Å². The third-order valence-electron chi connectivity index (χ3n) is 2.73. The van der Waals surface area contributed by atoms with E-state index in [1.807, 2.05) is 0 Å². The van der Waals surface area contributed by atoms with E-state index >= 15 is 0 Å². The summed E-state index contributed by atoms with van der Waals surface area (Å²) in [4.78, 5) is 1.31. The molecule has 2 N–H and O–H groups in total. The van der Waals surface area contributed by atoms with Crippen LogP contribution in [-0.4, -0.2) is 36.0 Å².